The van der Waals surface area contributed by atoms with E-state index in [-0.39, 0.29) is 17.0 Å². The lowest BCUT2D eigenvalue weighted by Gasteiger charge is -2.34. The van der Waals surface area contributed by atoms with Crippen molar-refractivity contribution in [3.63, 3.8) is 0 Å². The van der Waals surface area contributed by atoms with Gasteiger partial charge in [0, 0.05) is 32.2 Å². The molecule has 0 saturated carbocycles. The predicted octanol–water partition coefficient (Wildman–Crippen LogP) is 3.66. The highest BCUT2D eigenvalue weighted by Crippen LogP contribution is 2.36. The van der Waals surface area contributed by atoms with Gasteiger partial charge in [0.15, 0.2) is 0 Å². The van der Waals surface area contributed by atoms with E-state index < -0.39 is 0 Å². The summed E-state index contributed by atoms with van der Waals surface area (Å²) in [5, 5.41) is 9.58. The van der Waals surface area contributed by atoms with Crippen LogP contribution in [-0.2, 0) is 11.8 Å². The zero-order valence-electron chi connectivity index (χ0n) is 18.2. The Morgan fingerprint density at radius 2 is 1.93 bits per heavy atom. The molecule has 0 aliphatic carbocycles. The fourth-order valence-corrected chi connectivity index (χ4v) is 5.23. The van der Waals surface area contributed by atoms with Gasteiger partial charge in [-0.15, -0.1) is 0 Å². The highest BCUT2D eigenvalue weighted by atomic mass is 32.2. The van der Waals surface area contributed by atoms with Crippen LogP contribution in [0.15, 0.2) is 9.70 Å². The summed E-state index contributed by atoms with van der Waals surface area (Å²) in [6, 6.07) is 2.05. The standard InChI is InChI=1S/C22H28N4O2S2/c1-13(2)12-26-21(28)18(30-22(26)29)10-16-15(4)17(11-23)20(27)24(5)19(16)25-8-6-14(3)7-9-25/h10,13-14H,6-9,12H2,1-5H3. The van der Waals surface area contributed by atoms with Crippen LogP contribution in [0.2, 0.25) is 0 Å². The van der Waals surface area contributed by atoms with Crippen molar-refractivity contribution in [3.8, 4) is 6.07 Å². The lowest BCUT2D eigenvalue weighted by Crippen LogP contribution is -2.38. The van der Waals surface area contributed by atoms with Crippen LogP contribution < -0.4 is 10.5 Å². The smallest absolute Gasteiger partial charge is 0.270 e. The fraction of sp³-hybridized carbons (Fsp3) is 0.545. The van der Waals surface area contributed by atoms with Crippen LogP contribution in [0.1, 0.15) is 50.3 Å². The number of anilines is 1. The van der Waals surface area contributed by atoms with Crippen molar-refractivity contribution in [1.29, 1.82) is 5.26 Å². The molecule has 0 radical (unpaired) electrons. The van der Waals surface area contributed by atoms with E-state index in [1.54, 1.807) is 23.4 Å². The quantitative estimate of drug-likeness (QED) is 0.521. The summed E-state index contributed by atoms with van der Waals surface area (Å²) < 4.78 is 2.11. The summed E-state index contributed by atoms with van der Waals surface area (Å²) in [6.45, 7) is 10.4. The Morgan fingerprint density at radius 3 is 2.50 bits per heavy atom. The second-order valence-corrected chi connectivity index (χ2v) is 10.2. The van der Waals surface area contributed by atoms with Crippen LogP contribution in [0.3, 0.4) is 0 Å². The number of thiocarbonyl (C=S) groups is 1. The van der Waals surface area contributed by atoms with Crippen molar-refractivity contribution in [3.05, 3.63) is 31.9 Å². The monoisotopic (exact) mass is 444 g/mol. The van der Waals surface area contributed by atoms with Gasteiger partial charge < -0.3 is 4.90 Å². The van der Waals surface area contributed by atoms with Crippen LogP contribution in [0.5, 0.6) is 0 Å². The van der Waals surface area contributed by atoms with Crippen LogP contribution in [0.25, 0.3) is 6.08 Å². The fourth-order valence-electron chi connectivity index (χ4n) is 3.97. The first-order chi connectivity index (χ1) is 14.1. The Labute approximate surface area is 187 Å². The van der Waals surface area contributed by atoms with Gasteiger partial charge in [0.05, 0.1) is 4.91 Å². The zero-order valence-corrected chi connectivity index (χ0v) is 19.8. The number of rotatable bonds is 4. The lowest BCUT2D eigenvalue weighted by molar-refractivity contribution is -0.122. The summed E-state index contributed by atoms with van der Waals surface area (Å²) in [5.41, 5.74) is 1.19. The number of carbonyl (C=O) groups excluding carboxylic acids is 1. The maximum Gasteiger partial charge on any atom is 0.270 e. The van der Waals surface area contributed by atoms with E-state index >= 15 is 0 Å². The van der Waals surface area contributed by atoms with Gasteiger partial charge in [-0.05, 0) is 43.2 Å². The highest BCUT2D eigenvalue weighted by Gasteiger charge is 2.33. The molecule has 2 aliphatic rings. The average Bonchev–Trinajstić information content (AvgIpc) is 2.95. The maximum absolute atomic E-state index is 13.0. The molecule has 0 spiro atoms. The first kappa shape index (κ1) is 22.6. The summed E-state index contributed by atoms with van der Waals surface area (Å²) in [5.74, 6) is 1.62. The molecule has 6 nitrogen and oxygen atoms in total. The number of pyridine rings is 1. The van der Waals surface area contributed by atoms with Crippen molar-refractivity contribution in [2.24, 2.45) is 18.9 Å². The normalized spacial score (nSPS) is 19.3. The second kappa shape index (κ2) is 8.94. The number of hydrogen-bond acceptors (Lipinski definition) is 6. The summed E-state index contributed by atoms with van der Waals surface area (Å²) in [4.78, 5) is 30.2. The number of thioether (sulfide) groups is 1. The number of nitriles is 1. The second-order valence-electron chi connectivity index (χ2n) is 8.57. The van der Waals surface area contributed by atoms with Crippen molar-refractivity contribution in [1.82, 2.24) is 9.47 Å². The molecule has 0 aromatic carbocycles. The third kappa shape index (κ3) is 4.19. The number of aromatic nitrogens is 1. The number of piperidine rings is 1. The zero-order chi connectivity index (χ0) is 22.2. The van der Waals surface area contributed by atoms with E-state index in [0.717, 1.165) is 37.3 Å². The molecule has 2 saturated heterocycles. The van der Waals surface area contributed by atoms with Crippen LogP contribution in [-0.4, -0.2) is 39.3 Å². The van der Waals surface area contributed by atoms with Gasteiger partial charge >= 0.3 is 0 Å². The Bertz CT molecular complexity index is 1010. The lowest BCUT2D eigenvalue weighted by atomic mass is 9.97. The van der Waals surface area contributed by atoms with Crippen LogP contribution in [0, 0.1) is 30.1 Å². The number of hydrogen-bond donors (Lipinski definition) is 0. The molecular weight excluding hydrogens is 416 g/mol. The molecule has 1 amide bonds. The first-order valence-corrected chi connectivity index (χ1v) is 11.5. The van der Waals surface area contributed by atoms with E-state index in [1.807, 2.05) is 19.9 Å². The summed E-state index contributed by atoms with van der Waals surface area (Å²) in [6.07, 6.45) is 3.91. The third-order valence-electron chi connectivity index (χ3n) is 5.75. The minimum Gasteiger partial charge on any atom is -0.357 e. The third-order valence-corrected chi connectivity index (χ3v) is 7.13. The van der Waals surface area contributed by atoms with Crippen LogP contribution in [0.4, 0.5) is 5.82 Å². The average molecular weight is 445 g/mol. The molecule has 0 N–H and O–H groups in total. The SMILES string of the molecule is Cc1c(C=C2SC(=S)N(CC(C)C)C2=O)c(N2CCC(C)CC2)n(C)c(=O)c1C#N. The molecule has 2 aliphatic heterocycles. The van der Waals surface area contributed by atoms with Crippen LogP contribution >= 0.6 is 24.0 Å². The van der Waals surface area contributed by atoms with Crippen molar-refractivity contribution in [2.45, 2.75) is 40.5 Å². The summed E-state index contributed by atoms with van der Waals surface area (Å²) >= 11 is 6.72. The Morgan fingerprint density at radius 1 is 1.30 bits per heavy atom. The number of amides is 1. The van der Waals surface area contributed by atoms with E-state index in [1.165, 1.54) is 11.8 Å². The molecule has 3 rings (SSSR count). The molecule has 0 unspecified atom stereocenters. The molecule has 0 atom stereocenters. The Hall–Kier alpha value is -2.11. The largest absolute Gasteiger partial charge is 0.357 e. The molecule has 1 aromatic heterocycles. The Kier molecular flexibility index (Phi) is 6.73. The number of carbonyl (C=O) groups is 1. The molecule has 3 heterocycles. The van der Waals surface area contributed by atoms with Gasteiger partial charge in [-0.2, -0.15) is 5.26 Å². The minimum absolute atomic E-state index is 0.108. The van der Waals surface area contributed by atoms with Gasteiger partial charge in [0.1, 0.15) is 21.8 Å². The first-order valence-electron chi connectivity index (χ1n) is 10.3. The van der Waals surface area contributed by atoms with E-state index in [2.05, 4.69) is 17.9 Å². The van der Waals surface area contributed by atoms with Gasteiger partial charge in [-0.1, -0.05) is 44.8 Å². The molecule has 160 valence electrons. The molecular formula is C22H28N4O2S2. The van der Waals surface area contributed by atoms with Gasteiger partial charge in [0.25, 0.3) is 11.5 Å². The molecule has 1 aromatic rings. The van der Waals surface area contributed by atoms with Crippen molar-refractivity contribution < 1.29 is 4.79 Å². The molecule has 2 fully saturated rings. The van der Waals surface area contributed by atoms with E-state index in [4.69, 9.17) is 12.2 Å². The van der Waals surface area contributed by atoms with Gasteiger partial charge in [-0.3, -0.25) is 19.1 Å². The van der Waals surface area contributed by atoms with Crippen molar-refractivity contribution >= 4 is 46.1 Å². The number of nitrogens with zero attached hydrogens (tertiary/aromatic N) is 4. The maximum atomic E-state index is 13.0. The topological polar surface area (TPSA) is 69.3 Å². The summed E-state index contributed by atoms with van der Waals surface area (Å²) in [7, 11) is 1.71. The molecule has 0 bridgehead atoms. The van der Waals surface area contributed by atoms with Gasteiger partial charge in [-0.25, -0.2) is 0 Å². The Balaban J connectivity index is 2.14. The molecule has 8 heteroatoms. The molecule has 30 heavy (non-hydrogen) atoms. The minimum atomic E-state index is -0.298. The van der Waals surface area contributed by atoms with Gasteiger partial charge in [0.2, 0.25) is 0 Å². The van der Waals surface area contributed by atoms with Crippen molar-refractivity contribution in [2.75, 3.05) is 24.5 Å². The van der Waals surface area contributed by atoms with E-state index in [0.29, 0.717) is 33.2 Å². The highest BCUT2D eigenvalue weighted by molar-refractivity contribution is 8.26. The predicted molar refractivity (Wildman–Crippen MR) is 126 cm³/mol. The van der Waals surface area contributed by atoms with E-state index in [9.17, 15) is 14.9 Å².